The van der Waals surface area contributed by atoms with Gasteiger partial charge in [-0.2, -0.15) is 0 Å². The number of aromatic nitrogens is 3. The van der Waals surface area contributed by atoms with Crippen molar-refractivity contribution in [2.45, 2.75) is 52.1 Å². The molecule has 0 bridgehead atoms. The summed E-state index contributed by atoms with van der Waals surface area (Å²) < 4.78 is 18.2. The van der Waals surface area contributed by atoms with Gasteiger partial charge in [-0.25, -0.2) is 9.78 Å². The summed E-state index contributed by atoms with van der Waals surface area (Å²) in [6.45, 7) is 6.28. The van der Waals surface area contributed by atoms with Crippen LogP contribution in [-0.4, -0.2) is 43.8 Å². The number of rotatable bonds is 6. The zero-order chi connectivity index (χ0) is 27.6. The largest absolute Gasteiger partial charge is 0.458 e. The zero-order valence-corrected chi connectivity index (χ0v) is 22.3. The van der Waals surface area contributed by atoms with Crippen LogP contribution in [0, 0.1) is 0 Å². The Balaban J connectivity index is 1.42. The molecule has 40 heavy (non-hydrogen) atoms. The minimum absolute atomic E-state index is 0.0922. The predicted octanol–water partition coefficient (Wildman–Crippen LogP) is 3.23. The van der Waals surface area contributed by atoms with Gasteiger partial charge in [0.05, 0.1) is 29.0 Å². The van der Waals surface area contributed by atoms with Gasteiger partial charge in [0.15, 0.2) is 17.1 Å². The summed E-state index contributed by atoms with van der Waals surface area (Å²) in [5.74, 6) is 0.554. The van der Waals surface area contributed by atoms with E-state index in [1.165, 1.54) is 0 Å². The van der Waals surface area contributed by atoms with E-state index in [2.05, 4.69) is 16.8 Å². The van der Waals surface area contributed by atoms with E-state index in [9.17, 15) is 14.7 Å². The van der Waals surface area contributed by atoms with Crippen LogP contribution in [0.1, 0.15) is 48.1 Å². The molecule has 3 aromatic heterocycles. The van der Waals surface area contributed by atoms with Crippen LogP contribution in [0.3, 0.4) is 0 Å². The van der Waals surface area contributed by atoms with Crippen molar-refractivity contribution in [3.63, 3.8) is 0 Å². The highest BCUT2D eigenvalue weighted by atomic mass is 16.7. The summed E-state index contributed by atoms with van der Waals surface area (Å²) in [5, 5.41) is 12.2. The number of ether oxygens (including phenoxy) is 3. The fourth-order valence-corrected chi connectivity index (χ4v) is 5.98. The first kappa shape index (κ1) is 24.7. The summed E-state index contributed by atoms with van der Waals surface area (Å²) in [5.41, 5.74) is 3.56. The molecule has 3 aliphatic heterocycles. The number of hydrogen-bond donors (Lipinski definition) is 1. The Morgan fingerprint density at radius 3 is 2.55 bits per heavy atom. The Hall–Kier alpha value is -4.28. The molecule has 0 saturated heterocycles. The van der Waals surface area contributed by atoms with Crippen molar-refractivity contribution in [1.82, 2.24) is 19.4 Å². The first-order valence-electron chi connectivity index (χ1n) is 13.4. The third-order valence-corrected chi connectivity index (χ3v) is 8.28. The Morgan fingerprint density at radius 2 is 1.80 bits per heavy atom. The molecule has 7 rings (SSSR count). The van der Waals surface area contributed by atoms with E-state index in [0.29, 0.717) is 47.1 Å². The summed E-state index contributed by atoms with van der Waals surface area (Å²) in [7, 11) is 0. The number of benzene rings is 1. The van der Waals surface area contributed by atoms with Crippen LogP contribution in [0.25, 0.3) is 22.3 Å². The van der Waals surface area contributed by atoms with E-state index >= 15 is 0 Å². The van der Waals surface area contributed by atoms with E-state index in [1.807, 2.05) is 24.3 Å². The van der Waals surface area contributed by atoms with Gasteiger partial charge >= 0.3 is 5.97 Å². The fraction of sp³-hybridized carbons (Fsp3) is 0.333. The minimum Gasteiger partial charge on any atom is -0.458 e. The van der Waals surface area contributed by atoms with Crippen molar-refractivity contribution in [2.75, 3.05) is 13.3 Å². The maximum absolute atomic E-state index is 13.7. The summed E-state index contributed by atoms with van der Waals surface area (Å²) in [4.78, 5) is 37.8. The quantitative estimate of drug-likeness (QED) is 0.324. The number of pyridine rings is 3. The number of carbonyl (C=O) groups is 1. The molecule has 1 atom stereocenters. The molecule has 0 aliphatic carbocycles. The lowest BCUT2D eigenvalue weighted by molar-refractivity contribution is -0.172. The molecule has 1 N–H and O–H groups in total. The van der Waals surface area contributed by atoms with Crippen molar-refractivity contribution in [3.05, 3.63) is 80.9 Å². The van der Waals surface area contributed by atoms with Crippen LogP contribution < -0.4 is 15.0 Å². The monoisotopic (exact) mass is 540 g/mol. The summed E-state index contributed by atoms with van der Waals surface area (Å²) in [6, 6.07) is 9.61. The lowest BCUT2D eigenvalue weighted by atomic mass is 9.86. The predicted molar refractivity (Wildman–Crippen MR) is 145 cm³/mol. The lowest BCUT2D eigenvalue weighted by Crippen LogP contribution is -2.44. The van der Waals surface area contributed by atoms with Gasteiger partial charge in [0.1, 0.15) is 6.61 Å². The topological polar surface area (TPSA) is 116 Å². The van der Waals surface area contributed by atoms with Gasteiger partial charge in [-0.05, 0) is 48.4 Å². The van der Waals surface area contributed by atoms with E-state index in [-0.39, 0.29) is 25.4 Å². The molecule has 4 aromatic rings. The molecule has 3 aliphatic rings. The number of aliphatic hydroxyl groups is 1. The highest BCUT2D eigenvalue weighted by Crippen LogP contribution is 2.43. The smallest absolute Gasteiger partial charge is 0.343 e. The molecule has 1 aromatic carbocycles. The zero-order valence-electron chi connectivity index (χ0n) is 22.3. The van der Waals surface area contributed by atoms with E-state index in [1.54, 1.807) is 30.0 Å². The molecule has 1 unspecified atom stereocenters. The van der Waals surface area contributed by atoms with Crippen molar-refractivity contribution in [3.8, 4) is 22.9 Å². The maximum Gasteiger partial charge on any atom is 0.343 e. The molecule has 0 fully saturated rings. The van der Waals surface area contributed by atoms with Gasteiger partial charge < -0.3 is 23.9 Å². The highest BCUT2D eigenvalue weighted by Gasteiger charge is 2.45. The molecule has 0 radical (unpaired) electrons. The minimum atomic E-state index is -1.87. The average Bonchev–Trinajstić information content (AvgIpc) is 3.58. The number of cyclic esters (lactones) is 1. The van der Waals surface area contributed by atoms with Crippen LogP contribution in [0.2, 0.25) is 0 Å². The van der Waals surface area contributed by atoms with Crippen LogP contribution in [0.15, 0.2) is 47.5 Å². The second kappa shape index (κ2) is 9.14. The second-order valence-electron chi connectivity index (χ2n) is 10.4. The van der Waals surface area contributed by atoms with E-state index in [4.69, 9.17) is 19.2 Å². The van der Waals surface area contributed by atoms with Gasteiger partial charge in [-0.15, -0.1) is 0 Å². The van der Waals surface area contributed by atoms with Crippen LogP contribution in [-0.2, 0) is 41.4 Å². The molecule has 10 nitrogen and oxygen atoms in total. The van der Waals surface area contributed by atoms with Crippen LogP contribution in [0.4, 0.5) is 0 Å². The van der Waals surface area contributed by atoms with E-state index < -0.39 is 11.6 Å². The van der Waals surface area contributed by atoms with Gasteiger partial charge in [-0.3, -0.25) is 14.7 Å². The third kappa shape index (κ3) is 3.63. The first-order chi connectivity index (χ1) is 19.4. The Kier molecular flexibility index (Phi) is 5.65. The van der Waals surface area contributed by atoms with Crippen molar-refractivity contribution in [1.29, 1.82) is 0 Å². The second-order valence-corrected chi connectivity index (χ2v) is 10.4. The van der Waals surface area contributed by atoms with Gasteiger partial charge in [0.2, 0.25) is 6.79 Å². The Morgan fingerprint density at radius 1 is 1.02 bits per heavy atom. The van der Waals surface area contributed by atoms with Gasteiger partial charge in [0.25, 0.3) is 5.56 Å². The molecule has 0 saturated carbocycles. The summed E-state index contributed by atoms with van der Waals surface area (Å²) in [6.07, 6.45) is 3.68. The molecule has 0 spiro atoms. The summed E-state index contributed by atoms with van der Waals surface area (Å²) >= 11 is 0. The van der Waals surface area contributed by atoms with Crippen molar-refractivity contribution < 1.29 is 24.1 Å². The number of esters is 1. The van der Waals surface area contributed by atoms with Gasteiger partial charge in [-0.1, -0.05) is 13.8 Å². The van der Waals surface area contributed by atoms with E-state index in [0.717, 1.165) is 40.7 Å². The highest BCUT2D eigenvalue weighted by molar-refractivity contribution is 5.91. The molecule has 6 heterocycles. The standard InChI is InChI=1S/C30H28N4O6/c1-3-30(37)22-10-24-27-20(14-34(24)28(35)21(22)15-38-29(30)36)19(13-33(4-2)12-17-5-7-31-8-6-17)18-9-25-26(40-16-39-25)11-23(18)32-27/h5-11,37H,3-4,12-16H2,1-2H3. The number of hydrogen-bond acceptors (Lipinski definition) is 9. The number of fused-ring (bicyclic) bond motifs is 6. The molecular formula is C30H28N4O6. The molecular weight excluding hydrogens is 512 g/mol. The Labute approximate surface area is 229 Å². The normalized spacial score (nSPS) is 18.6. The fourth-order valence-electron chi connectivity index (χ4n) is 5.98. The number of carbonyl (C=O) groups excluding carboxylic acids is 1. The maximum atomic E-state index is 13.7. The Bertz CT molecular complexity index is 1750. The van der Waals surface area contributed by atoms with Gasteiger partial charge in [0, 0.05) is 48.1 Å². The SMILES string of the molecule is CCN(Cc1ccncc1)Cc1c2c(nc3cc4c(cc13)OCO4)-c1cc3c(c(=O)n1C2)COC(=O)C3(O)CC. The van der Waals surface area contributed by atoms with Crippen molar-refractivity contribution in [2.24, 2.45) is 0 Å². The van der Waals surface area contributed by atoms with Crippen molar-refractivity contribution >= 4 is 16.9 Å². The average molecular weight is 541 g/mol. The molecule has 204 valence electrons. The lowest BCUT2D eigenvalue weighted by Gasteiger charge is -2.31. The molecule has 10 heteroatoms. The number of nitrogens with zero attached hydrogens (tertiary/aromatic N) is 4. The first-order valence-corrected chi connectivity index (χ1v) is 13.4. The molecule has 0 amide bonds. The van der Waals surface area contributed by atoms with Crippen LogP contribution >= 0.6 is 0 Å². The van der Waals surface area contributed by atoms with Crippen LogP contribution in [0.5, 0.6) is 11.5 Å². The third-order valence-electron chi connectivity index (χ3n) is 8.28.